The number of benzene rings is 1. The summed E-state index contributed by atoms with van der Waals surface area (Å²) in [5.74, 6) is -3.52. The van der Waals surface area contributed by atoms with Gasteiger partial charge >= 0.3 is 5.97 Å². The number of hydrogen-bond acceptors (Lipinski definition) is 7. The van der Waals surface area contributed by atoms with Gasteiger partial charge in [-0.1, -0.05) is 0 Å². The topological polar surface area (TPSA) is 119 Å². The Morgan fingerprint density at radius 2 is 1.93 bits per heavy atom. The van der Waals surface area contributed by atoms with E-state index in [1.165, 1.54) is 29.2 Å². The van der Waals surface area contributed by atoms with Gasteiger partial charge in [-0.25, -0.2) is 27.9 Å². The molecule has 0 amide bonds. The third-order valence-corrected chi connectivity index (χ3v) is 7.79. The number of hydrogen-bond donors (Lipinski definition) is 3. The predicted octanol–water partition coefficient (Wildman–Crippen LogP) is 3.74. The summed E-state index contributed by atoms with van der Waals surface area (Å²) in [7, 11) is 6.70. The van der Waals surface area contributed by atoms with Crippen LogP contribution >= 0.6 is 0 Å². The monoisotopic (exact) mass is 565 g/mol. The first-order valence-corrected chi connectivity index (χ1v) is 12.8. The number of aromatic nitrogens is 4. The Morgan fingerprint density at radius 1 is 1.17 bits per heavy atom. The van der Waals surface area contributed by atoms with Crippen molar-refractivity contribution >= 4 is 50.3 Å². The number of nitrogens with one attached hydrogen (secondary N) is 2. The molecule has 41 heavy (non-hydrogen) atoms. The molecule has 10 nitrogen and oxygen atoms in total. The number of carbonyl (C=O) groups is 1. The van der Waals surface area contributed by atoms with Crippen molar-refractivity contribution in [3.8, 4) is 11.1 Å². The van der Waals surface area contributed by atoms with Crippen LogP contribution in [0.1, 0.15) is 10.4 Å². The molecule has 2 atom stereocenters. The molecule has 0 aliphatic carbocycles. The number of halogens is 3. The maximum atomic E-state index is 15.5. The molecule has 1 aliphatic rings. The lowest BCUT2D eigenvalue weighted by molar-refractivity contribution is 0.0695. The molecule has 5 aromatic rings. The summed E-state index contributed by atoms with van der Waals surface area (Å²) < 4.78 is 47.0. The molecule has 1 aliphatic heterocycles. The lowest BCUT2D eigenvalue weighted by atomic mass is 10.0. The van der Waals surface area contributed by atoms with Crippen molar-refractivity contribution in [2.45, 2.75) is 12.2 Å². The van der Waals surface area contributed by atoms with Crippen molar-refractivity contribution < 1.29 is 23.1 Å². The number of alkyl halides is 1. The van der Waals surface area contributed by atoms with Crippen molar-refractivity contribution in [1.29, 1.82) is 0 Å². The minimum absolute atomic E-state index is 0.0244. The van der Waals surface area contributed by atoms with Gasteiger partial charge in [-0.15, -0.1) is 0 Å². The smallest absolute Gasteiger partial charge is 0.341 e. The number of nitrogens with zero attached hydrogens (tertiary/aromatic N) is 5. The van der Waals surface area contributed by atoms with E-state index in [0.29, 0.717) is 28.0 Å². The summed E-state index contributed by atoms with van der Waals surface area (Å²) >= 11 is 0. The fourth-order valence-corrected chi connectivity index (χ4v) is 5.76. The van der Waals surface area contributed by atoms with Gasteiger partial charge in [0.2, 0.25) is 5.43 Å². The normalized spacial score (nSPS) is 17.4. The van der Waals surface area contributed by atoms with Gasteiger partial charge < -0.3 is 29.8 Å². The summed E-state index contributed by atoms with van der Waals surface area (Å²) in [5, 5.41) is 12.7. The summed E-state index contributed by atoms with van der Waals surface area (Å²) in [4.78, 5) is 40.3. The zero-order valence-corrected chi connectivity index (χ0v) is 22.6. The van der Waals surface area contributed by atoms with Crippen LogP contribution in [0.4, 0.5) is 24.5 Å². The van der Waals surface area contributed by atoms with Gasteiger partial charge in [0.1, 0.15) is 23.0 Å². The van der Waals surface area contributed by atoms with Crippen LogP contribution in [0.2, 0.25) is 0 Å². The maximum Gasteiger partial charge on any atom is 0.341 e. The number of rotatable bonds is 5. The second-order valence-corrected chi connectivity index (χ2v) is 10.4. The van der Waals surface area contributed by atoms with E-state index < -0.39 is 40.8 Å². The van der Waals surface area contributed by atoms with Crippen LogP contribution in [-0.4, -0.2) is 81.9 Å². The Bertz CT molecular complexity index is 1950. The second-order valence-electron chi connectivity index (χ2n) is 10.4. The van der Waals surface area contributed by atoms with Crippen molar-refractivity contribution in [2.24, 2.45) is 7.05 Å². The first kappa shape index (κ1) is 26.6. The maximum absolute atomic E-state index is 15.5. The Labute approximate surface area is 231 Å². The SMILES string of the molecule is CNc1cc(F)c(F)c2c1[nH]c1ncc(-c3cnc4c(c3)c(=O)c(C(=O)O)cn4C)c(N3CC(N(C)C)[C@@H](F)C3)c12. The summed E-state index contributed by atoms with van der Waals surface area (Å²) in [6.07, 6.45) is 2.96. The molecule has 1 fully saturated rings. The van der Waals surface area contributed by atoms with Crippen LogP contribution in [0.5, 0.6) is 0 Å². The number of anilines is 2. The number of likely N-dealkylation sites (N-methyl/N-ethyl adjacent to an activating group) is 1. The van der Waals surface area contributed by atoms with Crippen molar-refractivity contribution in [1.82, 2.24) is 24.4 Å². The first-order chi connectivity index (χ1) is 19.5. The molecule has 0 spiro atoms. The van der Waals surface area contributed by atoms with Crippen molar-refractivity contribution in [3.63, 3.8) is 0 Å². The molecule has 0 radical (unpaired) electrons. The number of carboxylic acids is 1. The highest BCUT2D eigenvalue weighted by molar-refractivity contribution is 6.18. The Balaban J connectivity index is 1.71. The number of aromatic carboxylic acids is 1. The zero-order valence-electron chi connectivity index (χ0n) is 22.6. The molecule has 1 aromatic carbocycles. The van der Waals surface area contributed by atoms with Crippen molar-refractivity contribution in [2.75, 3.05) is 44.4 Å². The van der Waals surface area contributed by atoms with E-state index in [1.54, 1.807) is 38.0 Å². The van der Waals surface area contributed by atoms with Crippen molar-refractivity contribution in [3.05, 3.63) is 58.1 Å². The molecule has 13 heteroatoms. The molecular weight excluding hydrogens is 539 g/mol. The lowest BCUT2D eigenvalue weighted by Crippen LogP contribution is -2.36. The third kappa shape index (κ3) is 3.98. The second kappa shape index (κ2) is 9.47. The molecular formula is C28H26F3N7O3. The molecule has 4 aromatic heterocycles. The number of pyridine rings is 3. The van der Waals surface area contributed by atoms with Gasteiger partial charge in [0.15, 0.2) is 11.6 Å². The number of aryl methyl sites for hydroxylation is 1. The Morgan fingerprint density at radius 3 is 2.59 bits per heavy atom. The Kier molecular flexibility index (Phi) is 6.14. The Hall–Kier alpha value is -4.65. The number of H-pyrrole nitrogens is 1. The molecule has 3 N–H and O–H groups in total. The van der Waals surface area contributed by atoms with E-state index in [-0.39, 0.29) is 40.5 Å². The molecule has 0 saturated carbocycles. The molecule has 1 unspecified atom stereocenters. The van der Waals surface area contributed by atoms with E-state index in [4.69, 9.17) is 0 Å². The fourth-order valence-electron chi connectivity index (χ4n) is 5.76. The summed E-state index contributed by atoms with van der Waals surface area (Å²) in [6, 6.07) is 2.08. The van der Waals surface area contributed by atoms with E-state index in [9.17, 15) is 19.1 Å². The van der Waals surface area contributed by atoms with Crippen LogP contribution in [0.3, 0.4) is 0 Å². The summed E-state index contributed by atoms with van der Waals surface area (Å²) in [5.41, 5.74) is 1.18. The van der Waals surface area contributed by atoms with Crippen LogP contribution in [0.25, 0.3) is 44.1 Å². The molecule has 212 valence electrons. The average molecular weight is 566 g/mol. The number of fused-ring (bicyclic) bond motifs is 4. The fraction of sp³-hybridized carbons (Fsp3) is 0.286. The van der Waals surface area contributed by atoms with E-state index >= 15 is 8.78 Å². The number of aromatic amines is 1. The van der Waals surface area contributed by atoms with Crippen LogP contribution in [-0.2, 0) is 7.05 Å². The first-order valence-electron chi connectivity index (χ1n) is 12.8. The quantitative estimate of drug-likeness (QED) is 0.295. The van der Waals surface area contributed by atoms with Gasteiger partial charge in [-0.05, 0) is 20.2 Å². The van der Waals surface area contributed by atoms with Gasteiger partial charge in [-0.2, -0.15) is 0 Å². The van der Waals surface area contributed by atoms with Gasteiger partial charge in [0.25, 0.3) is 0 Å². The third-order valence-electron chi connectivity index (χ3n) is 7.79. The van der Waals surface area contributed by atoms with E-state index in [2.05, 4.69) is 20.3 Å². The van der Waals surface area contributed by atoms with E-state index in [1.807, 2.05) is 0 Å². The highest BCUT2D eigenvalue weighted by atomic mass is 19.2. The van der Waals surface area contributed by atoms with Gasteiger partial charge in [0.05, 0.1) is 45.6 Å². The van der Waals surface area contributed by atoms with Crippen LogP contribution in [0, 0.1) is 11.6 Å². The molecule has 5 heterocycles. The zero-order chi connectivity index (χ0) is 29.3. The highest BCUT2D eigenvalue weighted by Gasteiger charge is 2.37. The molecule has 1 saturated heterocycles. The lowest BCUT2D eigenvalue weighted by Gasteiger charge is -2.24. The number of carboxylic acid groups (broad SMARTS) is 1. The standard InChI is InChI=1S/C28H26F3N7O3/c1-32-18-6-16(29)22(31)20-21-24(38-10-17(30)19(11-38)36(2)3)14(8-33-26(21)35-23(18)20)12-5-13-25(39)15(28(40)41)9-37(4)27(13)34-7-12/h5-9,17,19,32H,10-11H2,1-4H3,(H,33,35)(H,40,41)/t17-,19?/m0/s1. The van der Waals surface area contributed by atoms with Crippen LogP contribution < -0.4 is 15.6 Å². The molecule has 6 rings (SSSR count). The summed E-state index contributed by atoms with van der Waals surface area (Å²) in [6.45, 7) is 0.220. The minimum atomic E-state index is -1.38. The van der Waals surface area contributed by atoms with Gasteiger partial charge in [-0.3, -0.25) is 4.79 Å². The van der Waals surface area contributed by atoms with E-state index in [0.717, 1.165) is 6.07 Å². The molecule has 0 bridgehead atoms. The average Bonchev–Trinajstić information content (AvgIpc) is 3.52. The highest BCUT2D eigenvalue weighted by Crippen LogP contribution is 2.44. The predicted molar refractivity (Wildman–Crippen MR) is 151 cm³/mol. The van der Waals surface area contributed by atoms with Crippen LogP contribution in [0.15, 0.2) is 35.5 Å². The largest absolute Gasteiger partial charge is 0.477 e. The van der Waals surface area contributed by atoms with Gasteiger partial charge in [0, 0.05) is 56.4 Å². The minimum Gasteiger partial charge on any atom is -0.477 e.